The van der Waals surface area contributed by atoms with E-state index in [9.17, 15) is 4.79 Å². The number of aromatic nitrogens is 1. The molecule has 0 bridgehead atoms. The molecule has 0 saturated carbocycles. The van der Waals surface area contributed by atoms with Crippen LogP contribution in [0.4, 0.5) is 0 Å². The van der Waals surface area contributed by atoms with Gasteiger partial charge in [0.05, 0.1) is 6.61 Å². The van der Waals surface area contributed by atoms with E-state index < -0.39 is 6.04 Å². The van der Waals surface area contributed by atoms with Gasteiger partial charge in [-0.1, -0.05) is 6.07 Å². The van der Waals surface area contributed by atoms with Gasteiger partial charge in [0.2, 0.25) is 5.91 Å². The molecule has 0 aromatic carbocycles. The van der Waals surface area contributed by atoms with E-state index in [1.54, 1.807) is 6.20 Å². The molecule has 0 aliphatic carbocycles. The van der Waals surface area contributed by atoms with Gasteiger partial charge in [0, 0.05) is 25.5 Å². The average molecular weight is 296 g/mol. The minimum Gasteiger partial charge on any atom is -0.383 e. The van der Waals surface area contributed by atoms with Crippen LogP contribution in [-0.2, 0) is 16.1 Å². The lowest BCUT2D eigenvalue weighted by Crippen LogP contribution is -2.43. The van der Waals surface area contributed by atoms with Crippen molar-refractivity contribution in [3.8, 4) is 0 Å². The molecule has 0 saturated heterocycles. The zero-order chi connectivity index (χ0) is 12.0. The Labute approximate surface area is 119 Å². The van der Waals surface area contributed by atoms with Gasteiger partial charge in [-0.15, -0.1) is 24.8 Å². The molecule has 0 fully saturated rings. The summed E-state index contributed by atoms with van der Waals surface area (Å²) < 4.78 is 4.79. The van der Waals surface area contributed by atoms with Crippen LogP contribution < -0.4 is 11.1 Å². The summed E-state index contributed by atoms with van der Waals surface area (Å²) >= 11 is 0. The number of halogens is 2. The highest BCUT2D eigenvalue weighted by molar-refractivity contribution is 5.85. The highest BCUT2D eigenvalue weighted by atomic mass is 35.5. The summed E-state index contributed by atoms with van der Waals surface area (Å²) in [4.78, 5) is 15.6. The highest BCUT2D eigenvalue weighted by Gasteiger charge is 2.11. The van der Waals surface area contributed by atoms with Gasteiger partial charge in [0.1, 0.15) is 6.04 Å². The van der Waals surface area contributed by atoms with Crippen molar-refractivity contribution in [3.05, 3.63) is 29.6 Å². The number of pyridine rings is 1. The third-order valence-corrected chi connectivity index (χ3v) is 2.12. The molecule has 5 nitrogen and oxygen atoms in total. The Kier molecular flexibility index (Phi) is 10.9. The van der Waals surface area contributed by atoms with E-state index in [1.165, 1.54) is 7.11 Å². The smallest absolute Gasteiger partial charge is 0.239 e. The van der Waals surface area contributed by atoms with Crippen LogP contribution in [0.2, 0.25) is 0 Å². The second-order valence-corrected chi connectivity index (χ2v) is 3.59. The quantitative estimate of drug-likeness (QED) is 0.843. The van der Waals surface area contributed by atoms with E-state index >= 15 is 0 Å². The molecule has 1 rings (SSSR count). The molecule has 7 heteroatoms. The van der Waals surface area contributed by atoms with Gasteiger partial charge in [-0.3, -0.25) is 9.78 Å². The molecule has 104 valence electrons. The molecule has 0 spiro atoms. The molecule has 18 heavy (non-hydrogen) atoms. The van der Waals surface area contributed by atoms with E-state index in [2.05, 4.69) is 10.3 Å². The molecular formula is C11H19Cl2N3O2. The van der Waals surface area contributed by atoms with Crippen LogP contribution in [0.1, 0.15) is 11.3 Å². The standard InChI is InChI=1S/C11H17N3O2.2ClH/c1-8-3-4-9(5-13-8)6-14-11(15)10(12)7-16-2;;/h3-5,10H,6-7,12H2,1-2H3,(H,14,15);2*1H. The number of nitrogens with zero attached hydrogens (tertiary/aromatic N) is 1. The Balaban J connectivity index is 0. The first-order chi connectivity index (χ1) is 7.63. The predicted octanol–water partition coefficient (Wildman–Crippen LogP) is 0.824. The molecule has 1 unspecified atom stereocenters. The van der Waals surface area contributed by atoms with E-state index in [0.717, 1.165) is 11.3 Å². The zero-order valence-electron chi connectivity index (χ0n) is 10.4. The van der Waals surface area contributed by atoms with Crippen molar-refractivity contribution in [2.75, 3.05) is 13.7 Å². The molecule has 1 atom stereocenters. The number of aryl methyl sites for hydroxylation is 1. The number of rotatable bonds is 5. The normalized spacial score (nSPS) is 10.8. The number of hydrogen-bond donors (Lipinski definition) is 2. The monoisotopic (exact) mass is 295 g/mol. The first kappa shape index (κ1) is 19.5. The third-order valence-electron chi connectivity index (χ3n) is 2.12. The fourth-order valence-corrected chi connectivity index (χ4v) is 1.18. The molecule has 0 aliphatic rings. The van der Waals surface area contributed by atoms with Gasteiger partial charge >= 0.3 is 0 Å². The van der Waals surface area contributed by atoms with Crippen LogP contribution in [0, 0.1) is 6.92 Å². The maximum atomic E-state index is 11.4. The van der Waals surface area contributed by atoms with Crippen molar-refractivity contribution in [2.45, 2.75) is 19.5 Å². The lowest BCUT2D eigenvalue weighted by atomic mass is 10.2. The lowest BCUT2D eigenvalue weighted by Gasteiger charge is -2.10. The van der Waals surface area contributed by atoms with E-state index in [-0.39, 0.29) is 37.3 Å². The summed E-state index contributed by atoms with van der Waals surface area (Å²) in [7, 11) is 1.51. The summed E-state index contributed by atoms with van der Waals surface area (Å²) in [6, 6.07) is 3.20. The Bertz CT molecular complexity index is 347. The number of carbonyl (C=O) groups is 1. The van der Waals surface area contributed by atoms with E-state index in [1.807, 2.05) is 19.1 Å². The van der Waals surface area contributed by atoms with Crippen molar-refractivity contribution < 1.29 is 9.53 Å². The van der Waals surface area contributed by atoms with Crippen LogP contribution >= 0.6 is 24.8 Å². The highest BCUT2D eigenvalue weighted by Crippen LogP contribution is 1.98. The van der Waals surface area contributed by atoms with Crippen molar-refractivity contribution in [2.24, 2.45) is 5.73 Å². The molecule has 1 heterocycles. The number of hydrogen-bond acceptors (Lipinski definition) is 4. The minimum absolute atomic E-state index is 0. The maximum Gasteiger partial charge on any atom is 0.239 e. The van der Waals surface area contributed by atoms with Crippen molar-refractivity contribution >= 4 is 30.7 Å². The number of ether oxygens (including phenoxy) is 1. The van der Waals surface area contributed by atoms with Gasteiger partial charge in [0.25, 0.3) is 0 Å². The van der Waals surface area contributed by atoms with Crippen molar-refractivity contribution in [1.82, 2.24) is 10.3 Å². The Hall–Kier alpha value is -0.880. The Morgan fingerprint density at radius 1 is 1.50 bits per heavy atom. The molecule has 0 radical (unpaired) electrons. The maximum absolute atomic E-state index is 11.4. The summed E-state index contributed by atoms with van der Waals surface area (Å²) in [5, 5.41) is 2.72. The summed E-state index contributed by atoms with van der Waals surface area (Å²) in [6.07, 6.45) is 1.73. The summed E-state index contributed by atoms with van der Waals surface area (Å²) in [5.74, 6) is -0.220. The lowest BCUT2D eigenvalue weighted by molar-refractivity contribution is -0.123. The van der Waals surface area contributed by atoms with Crippen LogP contribution in [0.25, 0.3) is 0 Å². The van der Waals surface area contributed by atoms with Crippen LogP contribution in [-0.4, -0.2) is 30.6 Å². The first-order valence-electron chi connectivity index (χ1n) is 5.07. The number of carbonyl (C=O) groups excluding carboxylic acids is 1. The number of nitrogens with two attached hydrogens (primary N) is 1. The summed E-state index contributed by atoms with van der Waals surface area (Å²) in [6.45, 7) is 2.57. The molecule has 1 amide bonds. The fraction of sp³-hybridized carbons (Fsp3) is 0.455. The molecule has 3 N–H and O–H groups in total. The molecule has 1 aromatic heterocycles. The van der Waals surface area contributed by atoms with E-state index in [0.29, 0.717) is 6.54 Å². The Morgan fingerprint density at radius 3 is 2.67 bits per heavy atom. The number of nitrogens with one attached hydrogen (secondary N) is 1. The molecule has 1 aromatic rings. The molecule has 0 aliphatic heterocycles. The van der Waals surface area contributed by atoms with E-state index in [4.69, 9.17) is 10.5 Å². The van der Waals surface area contributed by atoms with Gasteiger partial charge in [-0.2, -0.15) is 0 Å². The van der Waals surface area contributed by atoms with Crippen LogP contribution in [0.5, 0.6) is 0 Å². The predicted molar refractivity (Wildman–Crippen MR) is 75.2 cm³/mol. The first-order valence-corrected chi connectivity index (χ1v) is 5.07. The SMILES string of the molecule is COCC(N)C(=O)NCc1ccc(C)nc1.Cl.Cl. The second kappa shape index (κ2) is 10.1. The number of amides is 1. The van der Waals surface area contributed by atoms with Gasteiger partial charge in [0.15, 0.2) is 0 Å². The van der Waals surface area contributed by atoms with Crippen LogP contribution in [0.15, 0.2) is 18.3 Å². The molecular weight excluding hydrogens is 277 g/mol. The van der Waals surface area contributed by atoms with Crippen LogP contribution in [0.3, 0.4) is 0 Å². The second-order valence-electron chi connectivity index (χ2n) is 3.59. The van der Waals surface area contributed by atoms with Crippen molar-refractivity contribution in [3.63, 3.8) is 0 Å². The largest absolute Gasteiger partial charge is 0.383 e. The van der Waals surface area contributed by atoms with Gasteiger partial charge < -0.3 is 15.8 Å². The summed E-state index contributed by atoms with van der Waals surface area (Å²) in [5.41, 5.74) is 7.46. The Morgan fingerprint density at radius 2 is 2.17 bits per heavy atom. The third kappa shape index (κ3) is 6.76. The fourth-order valence-electron chi connectivity index (χ4n) is 1.18. The number of methoxy groups -OCH3 is 1. The van der Waals surface area contributed by atoms with Gasteiger partial charge in [-0.05, 0) is 18.6 Å². The zero-order valence-corrected chi connectivity index (χ0v) is 12.0. The average Bonchev–Trinajstić information content (AvgIpc) is 2.28. The topological polar surface area (TPSA) is 77.2 Å². The minimum atomic E-state index is -0.622. The van der Waals surface area contributed by atoms with Crippen molar-refractivity contribution in [1.29, 1.82) is 0 Å². The van der Waals surface area contributed by atoms with Gasteiger partial charge in [-0.25, -0.2) is 0 Å².